The topological polar surface area (TPSA) is 50.4 Å². The van der Waals surface area contributed by atoms with E-state index in [4.69, 9.17) is 16.3 Å². The number of nitrogens with one attached hydrogen (secondary N) is 2. The molecule has 2 N–H and O–H groups in total. The quantitative estimate of drug-likeness (QED) is 0.814. The number of carbonyl (C=O) groups is 1. The third-order valence-corrected chi connectivity index (χ3v) is 2.81. The van der Waals surface area contributed by atoms with E-state index in [0.717, 1.165) is 12.1 Å². The van der Waals surface area contributed by atoms with Crippen molar-refractivity contribution in [1.29, 1.82) is 0 Å². The van der Waals surface area contributed by atoms with Crippen LogP contribution in [-0.2, 0) is 11.3 Å². The molecule has 112 valence electrons. The largest absolute Gasteiger partial charge is 0.482 e. The van der Waals surface area contributed by atoms with Crippen LogP contribution in [0.1, 0.15) is 33.3 Å². The summed E-state index contributed by atoms with van der Waals surface area (Å²) in [5.41, 5.74) is 1.09. The van der Waals surface area contributed by atoms with E-state index in [1.54, 1.807) is 6.07 Å². The van der Waals surface area contributed by atoms with Gasteiger partial charge in [-0.2, -0.15) is 0 Å². The molecule has 1 rings (SSSR count). The predicted molar refractivity (Wildman–Crippen MR) is 82.2 cm³/mol. The average molecular weight is 299 g/mol. The normalized spacial score (nSPS) is 10.9. The number of benzene rings is 1. The Hall–Kier alpha value is -1.26. The number of hydrogen-bond acceptors (Lipinski definition) is 3. The summed E-state index contributed by atoms with van der Waals surface area (Å²) in [7, 11) is 0. The lowest BCUT2D eigenvalue weighted by Gasteiger charge is -2.12. The molecule has 1 aromatic carbocycles. The lowest BCUT2D eigenvalue weighted by molar-refractivity contribution is -0.123. The molecule has 0 bridgehead atoms. The van der Waals surface area contributed by atoms with Crippen LogP contribution >= 0.6 is 11.6 Å². The van der Waals surface area contributed by atoms with Gasteiger partial charge in [-0.1, -0.05) is 31.5 Å². The first-order valence-electron chi connectivity index (χ1n) is 6.82. The summed E-state index contributed by atoms with van der Waals surface area (Å²) in [6.45, 7) is 8.72. The maximum Gasteiger partial charge on any atom is 0.258 e. The van der Waals surface area contributed by atoms with Crippen LogP contribution in [0, 0.1) is 0 Å². The fraction of sp³-hybridized carbons (Fsp3) is 0.533. The van der Waals surface area contributed by atoms with E-state index in [0.29, 0.717) is 16.8 Å². The summed E-state index contributed by atoms with van der Waals surface area (Å²) in [5, 5.41) is 6.60. The highest BCUT2D eigenvalue weighted by molar-refractivity contribution is 6.32. The van der Waals surface area contributed by atoms with Gasteiger partial charge < -0.3 is 15.4 Å². The molecule has 1 amide bonds. The molecular weight excluding hydrogens is 276 g/mol. The van der Waals surface area contributed by atoms with Crippen LogP contribution in [0.2, 0.25) is 5.02 Å². The molecule has 5 heteroatoms. The van der Waals surface area contributed by atoms with Gasteiger partial charge in [0, 0.05) is 18.6 Å². The summed E-state index contributed by atoms with van der Waals surface area (Å²) in [6, 6.07) is 6.11. The van der Waals surface area contributed by atoms with Gasteiger partial charge in [0.1, 0.15) is 5.75 Å². The number of rotatable bonds is 7. The van der Waals surface area contributed by atoms with Gasteiger partial charge in [-0.25, -0.2) is 0 Å². The minimum atomic E-state index is -0.151. The summed E-state index contributed by atoms with van der Waals surface area (Å²) in [5.74, 6) is 0.375. The Morgan fingerprint density at radius 1 is 1.25 bits per heavy atom. The molecule has 0 aliphatic carbocycles. The van der Waals surface area contributed by atoms with Crippen LogP contribution in [0.25, 0.3) is 0 Å². The fourth-order valence-corrected chi connectivity index (χ4v) is 1.86. The van der Waals surface area contributed by atoms with E-state index < -0.39 is 0 Å². The Bertz CT molecular complexity index is 447. The second-order valence-corrected chi connectivity index (χ2v) is 5.72. The third-order valence-electron chi connectivity index (χ3n) is 2.52. The summed E-state index contributed by atoms with van der Waals surface area (Å²) in [4.78, 5) is 11.5. The van der Waals surface area contributed by atoms with E-state index >= 15 is 0 Å². The molecule has 0 aromatic heterocycles. The van der Waals surface area contributed by atoms with Crippen LogP contribution in [0.15, 0.2) is 18.2 Å². The Morgan fingerprint density at radius 2 is 1.95 bits per heavy atom. The first kappa shape index (κ1) is 16.8. The maximum atomic E-state index is 11.5. The van der Waals surface area contributed by atoms with Crippen molar-refractivity contribution in [3.8, 4) is 5.75 Å². The number of amides is 1. The second kappa shape index (κ2) is 8.12. The minimum absolute atomic E-state index is 0.0263. The summed E-state index contributed by atoms with van der Waals surface area (Å²) in [6.07, 6.45) is 0. The molecule has 0 atom stereocenters. The highest BCUT2D eigenvalue weighted by atomic mass is 35.5. The van der Waals surface area contributed by atoms with Gasteiger partial charge >= 0.3 is 0 Å². The van der Waals surface area contributed by atoms with Crippen LogP contribution in [0.3, 0.4) is 0 Å². The van der Waals surface area contributed by atoms with Gasteiger partial charge in [0.15, 0.2) is 6.61 Å². The highest BCUT2D eigenvalue weighted by Crippen LogP contribution is 2.25. The zero-order chi connectivity index (χ0) is 15.1. The van der Waals surface area contributed by atoms with Crippen molar-refractivity contribution in [2.24, 2.45) is 0 Å². The Morgan fingerprint density at radius 3 is 2.50 bits per heavy atom. The summed E-state index contributed by atoms with van der Waals surface area (Å²) < 4.78 is 5.42. The lowest BCUT2D eigenvalue weighted by atomic mass is 10.2. The molecule has 0 unspecified atom stereocenters. The zero-order valence-electron chi connectivity index (χ0n) is 12.5. The highest BCUT2D eigenvalue weighted by Gasteiger charge is 2.07. The standard InChI is InChI=1S/C15H23ClN2O2/c1-10(2)17-8-12-5-6-14(13(16)7-12)20-9-15(19)18-11(3)4/h5-7,10-11,17H,8-9H2,1-4H3,(H,18,19). The van der Waals surface area contributed by atoms with Crippen LogP contribution in [0.5, 0.6) is 5.75 Å². The van der Waals surface area contributed by atoms with Gasteiger partial charge in [0.05, 0.1) is 5.02 Å². The Labute approximate surface area is 125 Å². The van der Waals surface area contributed by atoms with E-state index in [1.807, 2.05) is 26.0 Å². The summed E-state index contributed by atoms with van der Waals surface area (Å²) >= 11 is 6.15. The van der Waals surface area contributed by atoms with Gasteiger partial charge in [-0.3, -0.25) is 4.79 Å². The molecule has 20 heavy (non-hydrogen) atoms. The molecule has 0 saturated heterocycles. The monoisotopic (exact) mass is 298 g/mol. The molecule has 0 heterocycles. The lowest BCUT2D eigenvalue weighted by Crippen LogP contribution is -2.34. The maximum absolute atomic E-state index is 11.5. The molecule has 1 aromatic rings. The van der Waals surface area contributed by atoms with Crippen molar-refractivity contribution in [3.63, 3.8) is 0 Å². The third kappa shape index (κ3) is 6.26. The minimum Gasteiger partial charge on any atom is -0.482 e. The van der Waals surface area contributed by atoms with Crippen molar-refractivity contribution in [3.05, 3.63) is 28.8 Å². The van der Waals surface area contributed by atoms with Crippen LogP contribution in [-0.4, -0.2) is 24.6 Å². The van der Waals surface area contributed by atoms with Crippen molar-refractivity contribution in [1.82, 2.24) is 10.6 Å². The van der Waals surface area contributed by atoms with Gasteiger partial charge in [0.25, 0.3) is 5.91 Å². The van der Waals surface area contributed by atoms with Gasteiger partial charge in [0.2, 0.25) is 0 Å². The smallest absolute Gasteiger partial charge is 0.258 e. The number of hydrogen-bond donors (Lipinski definition) is 2. The molecule has 0 aliphatic heterocycles. The predicted octanol–water partition coefficient (Wildman–Crippen LogP) is 2.74. The van der Waals surface area contributed by atoms with Crippen LogP contribution < -0.4 is 15.4 Å². The van der Waals surface area contributed by atoms with E-state index in [-0.39, 0.29) is 18.6 Å². The number of carbonyl (C=O) groups excluding carboxylic acids is 1. The number of ether oxygens (including phenoxy) is 1. The Balaban J connectivity index is 2.53. The van der Waals surface area contributed by atoms with Crippen molar-refractivity contribution < 1.29 is 9.53 Å². The molecule has 0 saturated carbocycles. The van der Waals surface area contributed by atoms with Gasteiger partial charge in [-0.05, 0) is 31.5 Å². The molecule has 0 spiro atoms. The van der Waals surface area contributed by atoms with E-state index in [1.165, 1.54) is 0 Å². The first-order chi connectivity index (χ1) is 9.38. The SMILES string of the molecule is CC(C)NCc1ccc(OCC(=O)NC(C)C)c(Cl)c1. The average Bonchev–Trinajstić information content (AvgIpc) is 2.34. The van der Waals surface area contributed by atoms with E-state index in [2.05, 4.69) is 24.5 Å². The van der Waals surface area contributed by atoms with Crippen molar-refractivity contribution in [2.75, 3.05) is 6.61 Å². The fourth-order valence-electron chi connectivity index (χ4n) is 1.60. The molecule has 0 aliphatic rings. The van der Waals surface area contributed by atoms with Gasteiger partial charge in [-0.15, -0.1) is 0 Å². The zero-order valence-corrected chi connectivity index (χ0v) is 13.3. The molecular formula is C15H23ClN2O2. The van der Waals surface area contributed by atoms with E-state index in [9.17, 15) is 4.79 Å². The molecule has 0 fully saturated rings. The van der Waals surface area contributed by atoms with Crippen LogP contribution in [0.4, 0.5) is 0 Å². The molecule has 0 radical (unpaired) electrons. The van der Waals surface area contributed by atoms with Crippen molar-refractivity contribution >= 4 is 17.5 Å². The first-order valence-corrected chi connectivity index (χ1v) is 7.20. The second-order valence-electron chi connectivity index (χ2n) is 5.31. The Kier molecular flexibility index (Phi) is 6.82. The molecule has 4 nitrogen and oxygen atoms in total. The van der Waals surface area contributed by atoms with Crippen molar-refractivity contribution in [2.45, 2.75) is 46.3 Å². The number of halogens is 1.